The number of nitrogens with zero attached hydrogens (tertiary/aromatic N) is 1. The summed E-state index contributed by atoms with van der Waals surface area (Å²) in [6, 6.07) is 7.60. The van der Waals surface area contributed by atoms with Crippen LogP contribution in [0.4, 0.5) is 0 Å². The third-order valence-corrected chi connectivity index (χ3v) is 4.20. The molecular formula is C17H27ClN2O. The van der Waals surface area contributed by atoms with Crippen LogP contribution in [0, 0.1) is 5.92 Å². The van der Waals surface area contributed by atoms with Crippen LogP contribution in [-0.4, -0.2) is 44.2 Å². The van der Waals surface area contributed by atoms with Crippen molar-refractivity contribution in [1.82, 2.24) is 10.2 Å². The van der Waals surface area contributed by atoms with Crippen molar-refractivity contribution in [3.63, 3.8) is 0 Å². The van der Waals surface area contributed by atoms with Gasteiger partial charge in [0.05, 0.1) is 0 Å². The van der Waals surface area contributed by atoms with Crippen LogP contribution in [0.5, 0.6) is 5.75 Å². The normalized spacial score (nSPS) is 18.9. The van der Waals surface area contributed by atoms with Crippen LogP contribution < -0.4 is 10.1 Å². The molecule has 1 heterocycles. The zero-order chi connectivity index (χ0) is 14.9. The Morgan fingerprint density at radius 3 is 2.76 bits per heavy atom. The molecule has 118 valence electrons. The van der Waals surface area contributed by atoms with Gasteiger partial charge in [-0.2, -0.15) is 0 Å². The molecule has 1 N–H and O–H groups in total. The highest BCUT2D eigenvalue weighted by atomic mass is 35.5. The molecule has 1 atom stereocenters. The summed E-state index contributed by atoms with van der Waals surface area (Å²) in [6.07, 6.45) is 3.86. The minimum atomic E-state index is 0.738. The third-order valence-electron chi connectivity index (χ3n) is 3.95. The number of rotatable bonds is 8. The van der Waals surface area contributed by atoms with Crippen molar-refractivity contribution >= 4 is 11.6 Å². The molecule has 3 nitrogen and oxygen atoms in total. The highest BCUT2D eigenvalue weighted by Crippen LogP contribution is 2.16. The monoisotopic (exact) mass is 310 g/mol. The van der Waals surface area contributed by atoms with E-state index in [-0.39, 0.29) is 0 Å². The van der Waals surface area contributed by atoms with Gasteiger partial charge >= 0.3 is 0 Å². The summed E-state index contributed by atoms with van der Waals surface area (Å²) in [5, 5.41) is 4.25. The van der Waals surface area contributed by atoms with Gasteiger partial charge in [0.2, 0.25) is 0 Å². The van der Waals surface area contributed by atoms with Crippen molar-refractivity contribution in [3.05, 3.63) is 29.3 Å². The molecule has 0 bridgehead atoms. The Bertz CT molecular complexity index is 390. The van der Waals surface area contributed by atoms with Crippen LogP contribution in [0.3, 0.4) is 0 Å². The molecular weight excluding hydrogens is 284 g/mol. The third kappa shape index (κ3) is 6.25. The smallest absolute Gasteiger partial charge is 0.119 e. The van der Waals surface area contributed by atoms with E-state index in [1.54, 1.807) is 0 Å². The lowest BCUT2D eigenvalue weighted by atomic mass is 9.99. The molecule has 0 amide bonds. The maximum Gasteiger partial charge on any atom is 0.119 e. The summed E-state index contributed by atoms with van der Waals surface area (Å²) < 4.78 is 5.81. The number of ether oxygens (including phenoxy) is 1. The Hall–Kier alpha value is -0.770. The predicted octanol–water partition coefficient (Wildman–Crippen LogP) is 3.43. The molecule has 1 aliphatic rings. The first-order valence-electron chi connectivity index (χ1n) is 8.09. The molecule has 21 heavy (non-hydrogen) atoms. The summed E-state index contributed by atoms with van der Waals surface area (Å²) >= 11 is 5.88. The first-order chi connectivity index (χ1) is 10.3. The van der Waals surface area contributed by atoms with E-state index in [0.29, 0.717) is 0 Å². The van der Waals surface area contributed by atoms with Gasteiger partial charge in [-0.15, -0.1) is 0 Å². The van der Waals surface area contributed by atoms with E-state index in [0.717, 1.165) is 42.9 Å². The number of halogens is 1. The maximum absolute atomic E-state index is 5.88. The molecule has 0 aromatic heterocycles. The first-order valence-corrected chi connectivity index (χ1v) is 8.47. The fourth-order valence-electron chi connectivity index (χ4n) is 2.88. The van der Waals surface area contributed by atoms with E-state index in [2.05, 4.69) is 17.1 Å². The van der Waals surface area contributed by atoms with E-state index in [9.17, 15) is 0 Å². The van der Waals surface area contributed by atoms with Crippen LogP contribution in [0.1, 0.15) is 26.2 Å². The van der Waals surface area contributed by atoms with Gasteiger partial charge in [0.15, 0.2) is 0 Å². The van der Waals surface area contributed by atoms with Crippen LogP contribution >= 0.6 is 11.6 Å². The van der Waals surface area contributed by atoms with Gasteiger partial charge in [-0.3, -0.25) is 4.90 Å². The lowest BCUT2D eigenvalue weighted by Gasteiger charge is -2.29. The highest BCUT2D eigenvalue weighted by Gasteiger charge is 2.16. The van der Waals surface area contributed by atoms with Crippen molar-refractivity contribution in [3.8, 4) is 5.75 Å². The number of piperidine rings is 1. The van der Waals surface area contributed by atoms with Gasteiger partial charge in [0, 0.05) is 18.1 Å². The van der Waals surface area contributed by atoms with Crippen molar-refractivity contribution in [2.24, 2.45) is 5.92 Å². The average molecular weight is 311 g/mol. The summed E-state index contributed by atoms with van der Waals surface area (Å²) in [7, 11) is 0. The molecule has 0 radical (unpaired) electrons. The highest BCUT2D eigenvalue weighted by molar-refractivity contribution is 6.30. The number of hydrogen-bond acceptors (Lipinski definition) is 3. The van der Waals surface area contributed by atoms with Crippen molar-refractivity contribution < 1.29 is 4.74 Å². The summed E-state index contributed by atoms with van der Waals surface area (Å²) in [6.45, 7) is 8.66. The summed E-state index contributed by atoms with van der Waals surface area (Å²) in [5.74, 6) is 1.69. The zero-order valence-electron chi connectivity index (χ0n) is 13.0. The quantitative estimate of drug-likeness (QED) is 0.796. The van der Waals surface area contributed by atoms with Crippen molar-refractivity contribution in [1.29, 1.82) is 0 Å². The topological polar surface area (TPSA) is 24.5 Å². The van der Waals surface area contributed by atoms with E-state index in [4.69, 9.17) is 16.3 Å². The Morgan fingerprint density at radius 1 is 1.29 bits per heavy atom. The van der Waals surface area contributed by atoms with Gasteiger partial charge in [-0.05, 0) is 69.1 Å². The molecule has 1 aromatic rings. The fraction of sp³-hybridized carbons (Fsp3) is 0.647. The van der Waals surface area contributed by atoms with E-state index in [1.807, 2.05) is 24.3 Å². The van der Waals surface area contributed by atoms with E-state index < -0.39 is 0 Å². The minimum Gasteiger partial charge on any atom is -0.492 e. The zero-order valence-corrected chi connectivity index (χ0v) is 13.7. The molecule has 0 aliphatic carbocycles. The predicted molar refractivity (Wildman–Crippen MR) is 89.3 cm³/mol. The molecule has 1 aliphatic heterocycles. The van der Waals surface area contributed by atoms with Crippen molar-refractivity contribution in [2.45, 2.75) is 26.2 Å². The largest absolute Gasteiger partial charge is 0.492 e. The van der Waals surface area contributed by atoms with Crippen LogP contribution in [0.25, 0.3) is 0 Å². The Morgan fingerprint density at radius 2 is 2.10 bits per heavy atom. The van der Waals surface area contributed by atoms with Gasteiger partial charge < -0.3 is 10.1 Å². The molecule has 0 saturated carbocycles. The van der Waals surface area contributed by atoms with Crippen molar-refractivity contribution in [2.75, 3.05) is 39.3 Å². The number of hydrogen-bond donors (Lipinski definition) is 1. The number of nitrogens with one attached hydrogen (secondary N) is 1. The lowest BCUT2D eigenvalue weighted by Crippen LogP contribution is -2.40. The molecule has 1 aromatic carbocycles. The minimum absolute atomic E-state index is 0.738. The van der Waals surface area contributed by atoms with Gasteiger partial charge in [0.25, 0.3) is 0 Å². The standard InChI is InChI=1S/C17H27ClN2O/c1-2-10-20(14-15-4-3-9-19-13-15)11-12-21-17-7-5-16(18)6-8-17/h5-8,15,19H,2-4,9-14H2,1H3. The first kappa shape index (κ1) is 16.6. The summed E-state index contributed by atoms with van der Waals surface area (Å²) in [4.78, 5) is 2.54. The van der Waals surface area contributed by atoms with Crippen LogP contribution in [0.15, 0.2) is 24.3 Å². The number of benzene rings is 1. The van der Waals surface area contributed by atoms with Crippen LogP contribution in [0.2, 0.25) is 5.02 Å². The molecule has 2 rings (SSSR count). The van der Waals surface area contributed by atoms with Gasteiger partial charge in [0.1, 0.15) is 12.4 Å². The molecule has 4 heteroatoms. The molecule has 1 saturated heterocycles. The second-order valence-electron chi connectivity index (χ2n) is 5.82. The molecule has 1 fully saturated rings. The SMILES string of the molecule is CCCN(CCOc1ccc(Cl)cc1)CC1CCCNC1. The molecule has 0 spiro atoms. The van der Waals surface area contributed by atoms with E-state index >= 15 is 0 Å². The summed E-state index contributed by atoms with van der Waals surface area (Å²) in [5.41, 5.74) is 0. The Balaban J connectivity index is 1.72. The van der Waals surface area contributed by atoms with Gasteiger partial charge in [-0.1, -0.05) is 18.5 Å². The maximum atomic E-state index is 5.88. The molecule has 1 unspecified atom stereocenters. The van der Waals surface area contributed by atoms with E-state index in [1.165, 1.54) is 32.4 Å². The fourth-order valence-corrected chi connectivity index (χ4v) is 3.00. The van der Waals surface area contributed by atoms with Gasteiger partial charge in [-0.25, -0.2) is 0 Å². The average Bonchev–Trinajstić information content (AvgIpc) is 2.50. The lowest BCUT2D eigenvalue weighted by molar-refractivity contribution is 0.173. The second kappa shape index (κ2) is 9.29. The van der Waals surface area contributed by atoms with Crippen LogP contribution in [-0.2, 0) is 0 Å². The second-order valence-corrected chi connectivity index (χ2v) is 6.25. The Labute approximate surface area is 133 Å². The Kier molecular flexibility index (Phi) is 7.34.